The normalized spacial score (nSPS) is 16.8. The smallest absolute Gasteiger partial charge is 0.0146 e. The number of fused-ring (bicyclic) bond motifs is 1. The molecular weight excluding hydrogens is 204 g/mol. The summed E-state index contributed by atoms with van der Waals surface area (Å²) in [5.74, 6) is 0.805. The Morgan fingerprint density at radius 1 is 0.941 bits per heavy atom. The van der Waals surface area contributed by atoms with Crippen molar-refractivity contribution in [1.29, 1.82) is 0 Å². The highest BCUT2D eigenvalue weighted by Crippen LogP contribution is 2.39. The van der Waals surface area contributed by atoms with E-state index in [0.717, 1.165) is 5.92 Å². The average molecular weight is 224 g/mol. The van der Waals surface area contributed by atoms with Crippen molar-refractivity contribution in [2.24, 2.45) is 0 Å². The van der Waals surface area contributed by atoms with Crippen LogP contribution in [0.3, 0.4) is 0 Å². The summed E-state index contributed by atoms with van der Waals surface area (Å²) in [6.45, 7) is 4.50. The molecule has 0 aliphatic heterocycles. The Labute approximate surface area is 104 Å². The SMILES string of the molecule is Cc1cc(C2CCCC2)c2ccccc2c1C. The first-order valence-corrected chi connectivity index (χ1v) is 6.76. The number of hydrogen-bond donors (Lipinski definition) is 0. The van der Waals surface area contributed by atoms with E-state index in [9.17, 15) is 0 Å². The second-order valence-corrected chi connectivity index (χ2v) is 5.43. The van der Waals surface area contributed by atoms with Crippen LogP contribution in [0, 0.1) is 13.8 Å². The van der Waals surface area contributed by atoms with Crippen molar-refractivity contribution in [3.8, 4) is 0 Å². The van der Waals surface area contributed by atoms with E-state index in [1.54, 1.807) is 5.56 Å². The molecule has 0 spiro atoms. The second-order valence-electron chi connectivity index (χ2n) is 5.43. The van der Waals surface area contributed by atoms with E-state index in [1.807, 2.05) is 0 Å². The maximum Gasteiger partial charge on any atom is -0.0146 e. The minimum atomic E-state index is 0.805. The van der Waals surface area contributed by atoms with Crippen molar-refractivity contribution in [1.82, 2.24) is 0 Å². The van der Waals surface area contributed by atoms with Crippen LogP contribution in [0.25, 0.3) is 10.8 Å². The number of aryl methyl sites for hydroxylation is 2. The molecule has 0 bridgehead atoms. The molecule has 0 atom stereocenters. The molecule has 2 aromatic carbocycles. The van der Waals surface area contributed by atoms with E-state index in [1.165, 1.54) is 47.6 Å². The molecule has 0 N–H and O–H groups in total. The van der Waals surface area contributed by atoms with Crippen LogP contribution in [0.5, 0.6) is 0 Å². The Bertz CT molecular complexity index is 545. The molecule has 0 aromatic heterocycles. The minimum Gasteiger partial charge on any atom is -0.0616 e. The third-order valence-corrected chi connectivity index (χ3v) is 4.40. The van der Waals surface area contributed by atoms with E-state index >= 15 is 0 Å². The summed E-state index contributed by atoms with van der Waals surface area (Å²) in [6.07, 6.45) is 5.58. The first-order chi connectivity index (χ1) is 8.27. The Hall–Kier alpha value is -1.30. The van der Waals surface area contributed by atoms with Gasteiger partial charge in [-0.25, -0.2) is 0 Å². The molecule has 1 aliphatic carbocycles. The highest BCUT2D eigenvalue weighted by Gasteiger charge is 2.20. The van der Waals surface area contributed by atoms with E-state index < -0.39 is 0 Å². The van der Waals surface area contributed by atoms with Gasteiger partial charge in [0.25, 0.3) is 0 Å². The fourth-order valence-corrected chi connectivity index (χ4v) is 3.27. The minimum absolute atomic E-state index is 0.805. The molecule has 3 rings (SSSR count). The molecular formula is C17H20. The fourth-order valence-electron chi connectivity index (χ4n) is 3.27. The monoisotopic (exact) mass is 224 g/mol. The van der Waals surface area contributed by atoms with Crippen molar-refractivity contribution in [2.75, 3.05) is 0 Å². The van der Waals surface area contributed by atoms with Crippen molar-refractivity contribution >= 4 is 10.8 Å². The zero-order valence-electron chi connectivity index (χ0n) is 10.8. The molecule has 0 nitrogen and oxygen atoms in total. The maximum absolute atomic E-state index is 2.44. The van der Waals surface area contributed by atoms with E-state index in [4.69, 9.17) is 0 Å². The van der Waals surface area contributed by atoms with Gasteiger partial charge in [0.15, 0.2) is 0 Å². The standard InChI is InChI=1S/C17H20/c1-12-11-17(14-7-3-4-8-14)16-10-6-5-9-15(16)13(12)2/h5-6,9-11,14H,3-4,7-8H2,1-2H3. The molecule has 88 valence electrons. The average Bonchev–Trinajstić information content (AvgIpc) is 2.87. The van der Waals surface area contributed by atoms with Crippen molar-refractivity contribution in [3.05, 3.63) is 47.0 Å². The van der Waals surface area contributed by atoms with Crippen LogP contribution in [-0.2, 0) is 0 Å². The van der Waals surface area contributed by atoms with Crippen LogP contribution >= 0.6 is 0 Å². The van der Waals surface area contributed by atoms with Gasteiger partial charge < -0.3 is 0 Å². The fraction of sp³-hybridized carbons (Fsp3) is 0.412. The lowest BCUT2D eigenvalue weighted by Gasteiger charge is -2.16. The van der Waals surface area contributed by atoms with Gasteiger partial charge in [0.05, 0.1) is 0 Å². The Morgan fingerprint density at radius 2 is 1.59 bits per heavy atom. The highest BCUT2D eigenvalue weighted by molar-refractivity contribution is 5.90. The Morgan fingerprint density at radius 3 is 2.29 bits per heavy atom. The molecule has 0 unspecified atom stereocenters. The number of hydrogen-bond acceptors (Lipinski definition) is 0. The van der Waals surface area contributed by atoms with Gasteiger partial charge in [-0.15, -0.1) is 0 Å². The van der Waals surface area contributed by atoms with Crippen LogP contribution in [0.15, 0.2) is 30.3 Å². The topological polar surface area (TPSA) is 0 Å². The zero-order valence-corrected chi connectivity index (χ0v) is 10.8. The Kier molecular flexibility index (Phi) is 2.66. The van der Waals surface area contributed by atoms with Gasteiger partial charge >= 0.3 is 0 Å². The van der Waals surface area contributed by atoms with Gasteiger partial charge in [-0.3, -0.25) is 0 Å². The maximum atomic E-state index is 2.44. The first kappa shape index (κ1) is 10.8. The lowest BCUT2D eigenvalue weighted by Crippen LogP contribution is -1.97. The summed E-state index contributed by atoms with van der Waals surface area (Å²) < 4.78 is 0. The lowest BCUT2D eigenvalue weighted by molar-refractivity contribution is 0.728. The van der Waals surface area contributed by atoms with E-state index in [2.05, 4.69) is 44.2 Å². The summed E-state index contributed by atoms with van der Waals surface area (Å²) in [6, 6.07) is 11.3. The van der Waals surface area contributed by atoms with Crippen molar-refractivity contribution in [2.45, 2.75) is 45.4 Å². The summed E-state index contributed by atoms with van der Waals surface area (Å²) >= 11 is 0. The van der Waals surface area contributed by atoms with E-state index in [-0.39, 0.29) is 0 Å². The Balaban J connectivity index is 2.26. The first-order valence-electron chi connectivity index (χ1n) is 6.76. The quantitative estimate of drug-likeness (QED) is 0.631. The van der Waals surface area contributed by atoms with Crippen molar-refractivity contribution < 1.29 is 0 Å². The molecule has 0 radical (unpaired) electrons. The summed E-state index contributed by atoms with van der Waals surface area (Å²) in [4.78, 5) is 0. The van der Waals surface area contributed by atoms with Gasteiger partial charge in [0.2, 0.25) is 0 Å². The summed E-state index contributed by atoms with van der Waals surface area (Å²) in [5, 5.41) is 2.94. The molecule has 0 heterocycles. The molecule has 17 heavy (non-hydrogen) atoms. The zero-order chi connectivity index (χ0) is 11.8. The second kappa shape index (κ2) is 4.18. The predicted molar refractivity (Wildman–Crippen MR) is 74.6 cm³/mol. The number of benzene rings is 2. The molecule has 0 saturated heterocycles. The van der Waals surface area contributed by atoms with Crippen LogP contribution in [0.1, 0.15) is 48.3 Å². The van der Waals surface area contributed by atoms with Crippen molar-refractivity contribution in [3.63, 3.8) is 0 Å². The molecule has 0 heteroatoms. The van der Waals surface area contributed by atoms with Gasteiger partial charge in [-0.2, -0.15) is 0 Å². The van der Waals surface area contributed by atoms with Gasteiger partial charge in [-0.1, -0.05) is 43.2 Å². The van der Waals surface area contributed by atoms with Gasteiger partial charge in [-0.05, 0) is 60.1 Å². The molecule has 1 saturated carbocycles. The molecule has 0 amide bonds. The highest BCUT2D eigenvalue weighted by atomic mass is 14.2. The third-order valence-electron chi connectivity index (χ3n) is 4.40. The van der Waals surface area contributed by atoms with Crippen LogP contribution in [0.2, 0.25) is 0 Å². The lowest BCUT2D eigenvalue weighted by atomic mass is 9.88. The van der Waals surface area contributed by atoms with Crippen LogP contribution in [0.4, 0.5) is 0 Å². The molecule has 1 aliphatic rings. The third kappa shape index (κ3) is 1.76. The summed E-state index contributed by atoms with van der Waals surface area (Å²) in [7, 11) is 0. The molecule has 1 fully saturated rings. The van der Waals surface area contributed by atoms with Gasteiger partial charge in [0.1, 0.15) is 0 Å². The van der Waals surface area contributed by atoms with Gasteiger partial charge in [0, 0.05) is 0 Å². The summed E-state index contributed by atoms with van der Waals surface area (Å²) in [5.41, 5.74) is 4.49. The van der Waals surface area contributed by atoms with Crippen LogP contribution in [-0.4, -0.2) is 0 Å². The van der Waals surface area contributed by atoms with E-state index in [0.29, 0.717) is 0 Å². The largest absolute Gasteiger partial charge is 0.0616 e. The number of rotatable bonds is 1. The predicted octanol–water partition coefficient (Wildman–Crippen LogP) is 5.11. The van der Waals surface area contributed by atoms with Crippen LogP contribution < -0.4 is 0 Å². The molecule has 2 aromatic rings.